The van der Waals surface area contributed by atoms with Crippen molar-refractivity contribution in [2.24, 2.45) is 11.7 Å². The molecule has 17 heavy (non-hydrogen) atoms. The standard InChI is InChI=1S/C11H19N3O3/c1-6(2)5-7(12)10(16)13-8-3-4-9(15)14-11(8)17/h6-8H,3-5,12H2,1-2H3,(H,13,16)(H,14,15,17). The second-order valence-corrected chi connectivity index (χ2v) is 4.75. The number of nitrogens with one attached hydrogen (secondary N) is 2. The van der Waals surface area contributed by atoms with Crippen molar-refractivity contribution in [2.75, 3.05) is 0 Å². The quantitative estimate of drug-likeness (QED) is 0.565. The van der Waals surface area contributed by atoms with E-state index >= 15 is 0 Å². The number of carbonyl (C=O) groups is 3. The molecule has 0 bridgehead atoms. The summed E-state index contributed by atoms with van der Waals surface area (Å²) in [5.74, 6) is -0.774. The molecule has 0 aromatic heterocycles. The highest BCUT2D eigenvalue weighted by molar-refractivity contribution is 6.01. The second-order valence-electron chi connectivity index (χ2n) is 4.75. The Kier molecular flexibility index (Phi) is 4.62. The lowest BCUT2D eigenvalue weighted by Gasteiger charge is -2.23. The van der Waals surface area contributed by atoms with Crippen molar-refractivity contribution < 1.29 is 14.4 Å². The zero-order valence-electron chi connectivity index (χ0n) is 10.2. The first-order valence-electron chi connectivity index (χ1n) is 5.79. The number of nitrogens with two attached hydrogens (primary N) is 1. The van der Waals surface area contributed by atoms with Crippen molar-refractivity contribution in [3.63, 3.8) is 0 Å². The van der Waals surface area contributed by atoms with E-state index in [0.29, 0.717) is 18.8 Å². The Morgan fingerprint density at radius 2 is 2.18 bits per heavy atom. The molecule has 1 heterocycles. The van der Waals surface area contributed by atoms with Crippen molar-refractivity contribution in [1.82, 2.24) is 10.6 Å². The van der Waals surface area contributed by atoms with Crippen LogP contribution in [0.3, 0.4) is 0 Å². The van der Waals surface area contributed by atoms with E-state index in [9.17, 15) is 14.4 Å². The Labute approximate surface area is 100 Å². The van der Waals surface area contributed by atoms with Gasteiger partial charge in [0.05, 0.1) is 6.04 Å². The normalized spacial score (nSPS) is 22.2. The number of hydrogen-bond acceptors (Lipinski definition) is 4. The molecule has 2 atom stereocenters. The largest absolute Gasteiger partial charge is 0.343 e. The Hall–Kier alpha value is -1.43. The molecule has 1 fully saturated rings. The van der Waals surface area contributed by atoms with Crippen LogP contribution in [0.15, 0.2) is 0 Å². The SMILES string of the molecule is CC(C)CC(N)C(=O)NC1CCC(=O)NC1=O. The van der Waals surface area contributed by atoms with Crippen LogP contribution in [0.1, 0.15) is 33.1 Å². The van der Waals surface area contributed by atoms with Gasteiger partial charge in [-0.2, -0.15) is 0 Å². The summed E-state index contributed by atoms with van der Waals surface area (Å²) in [6, 6.07) is -1.25. The molecule has 96 valence electrons. The zero-order valence-corrected chi connectivity index (χ0v) is 10.2. The van der Waals surface area contributed by atoms with Gasteiger partial charge in [-0.1, -0.05) is 13.8 Å². The fraction of sp³-hybridized carbons (Fsp3) is 0.727. The minimum absolute atomic E-state index is 0.246. The molecule has 0 aromatic carbocycles. The van der Waals surface area contributed by atoms with E-state index in [1.54, 1.807) is 0 Å². The average Bonchev–Trinajstić information content (AvgIpc) is 2.21. The highest BCUT2D eigenvalue weighted by atomic mass is 16.2. The number of imide groups is 1. The van der Waals surface area contributed by atoms with Gasteiger partial charge in [0.15, 0.2) is 0 Å². The summed E-state index contributed by atoms with van der Waals surface area (Å²) in [5.41, 5.74) is 5.70. The highest BCUT2D eigenvalue weighted by Crippen LogP contribution is 2.06. The zero-order chi connectivity index (χ0) is 13.0. The smallest absolute Gasteiger partial charge is 0.249 e. The molecule has 3 amide bonds. The fourth-order valence-corrected chi connectivity index (χ4v) is 1.72. The van der Waals surface area contributed by atoms with Crippen molar-refractivity contribution in [2.45, 2.75) is 45.2 Å². The molecule has 4 N–H and O–H groups in total. The molecule has 0 aromatic rings. The molecular weight excluding hydrogens is 222 g/mol. The molecule has 1 saturated heterocycles. The molecule has 6 nitrogen and oxygen atoms in total. The molecular formula is C11H19N3O3. The van der Waals surface area contributed by atoms with Crippen LogP contribution in [0, 0.1) is 5.92 Å². The van der Waals surface area contributed by atoms with E-state index in [1.165, 1.54) is 0 Å². The third-order valence-corrected chi connectivity index (χ3v) is 2.62. The van der Waals surface area contributed by atoms with Crippen LogP contribution in [0.2, 0.25) is 0 Å². The summed E-state index contributed by atoms with van der Waals surface area (Å²) >= 11 is 0. The lowest BCUT2D eigenvalue weighted by atomic mass is 10.0. The Morgan fingerprint density at radius 3 is 2.71 bits per heavy atom. The maximum absolute atomic E-state index is 11.7. The summed E-state index contributed by atoms with van der Waals surface area (Å²) in [6.45, 7) is 3.94. The summed E-state index contributed by atoms with van der Waals surface area (Å²) < 4.78 is 0. The monoisotopic (exact) mass is 241 g/mol. The summed E-state index contributed by atoms with van der Waals surface area (Å²) in [5, 5.41) is 4.75. The average molecular weight is 241 g/mol. The Morgan fingerprint density at radius 1 is 1.53 bits per heavy atom. The van der Waals surface area contributed by atoms with Crippen molar-refractivity contribution in [3.8, 4) is 0 Å². The molecule has 1 aliphatic heterocycles. The van der Waals surface area contributed by atoms with E-state index in [1.807, 2.05) is 13.8 Å². The van der Waals surface area contributed by atoms with Crippen LogP contribution in [-0.2, 0) is 14.4 Å². The molecule has 0 spiro atoms. The molecule has 0 radical (unpaired) electrons. The highest BCUT2D eigenvalue weighted by Gasteiger charge is 2.29. The van der Waals surface area contributed by atoms with Crippen LogP contribution >= 0.6 is 0 Å². The van der Waals surface area contributed by atoms with Crippen LogP contribution < -0.4 is 16.4 Å². The van der Waals surface area contributed by atoms with Gasteiger partial charge in [0.2, 0.25) is 17.7 Å². The van der Waals surface area contributed by atoms with Crippen LogP contribution in [0.25, 0.3) is 0 Å². The Bertz CT molecular complexity index is 328. The predicted molar refractivity (Wildman–Crippen MR) is 61.7 cm³/mol. The number of rotatable bonds is 4. The fourth-order valence-electron chi connectivity index (χ4n) is 1.72. The number of carbonyl (C=O) groups excluding carboxylic acids is 3. The lowest BCUT2D eigenvalue weighted by Crippen LogP contribution is -2.55. The number of piperidine rings is 1. The van der Waals surface area contributed by atoms with Crippen molar-refractivity contribution in [1.29, 1.82) is 0 Å². The van der Waals surface area contributed by atoms with Gasteiger partial charge in [0.25, 0.3) is 0 Å². The first-order chi connectivity index (χ1) is 7.90. The van der Waals surface area contributed by atoms with E-state index in [-0.39, 0.29) is 18.2 Å². The van der Waals surface area contributed by atoms with E-state index < -0.39 is 18.0 Å². The third kappa shape index (κ3) is 4.14. The van der Waals surface area contributed by atoms with Crippen LogP contribution in [0.4, 0.5) is 0 Å². The van der Waals surface area contributed by atoms with Crippen molar-refractivity contribution in [3.05, 3.63) is 0 Å². The summed E-state index contributed by atoms with van der Waals surface area (Å²) in [4.78, 5) is 34.0. The number of amides is 3. The number of hydrogen-bond donors (Lipinski definition) is 3. The van der Waals surface area contributed by atoms with E-state index in [2.05, 4.69) is 10.6 Å². The third-order valence-electron chi connectivity index (χ3n) is 2.62. The first kappa shape index (κ1) is 13.6. The van der Waals surface area contributed by atoms with Crippen LogP contribution in [0.5, 0.6) is 0 Å². The molecule has 1 aliphatic rings. The van der Waals surface area contributed by atoms with E-state index in [0.717, 1.165) is 0 Å². The van der Waals surface area contributed by atoms with Gasteiger partial charge in [0.1, 0.15) is 6.04 Å². The Balaban J connectivity index is 2.45. The summed E-state index contributed by atoms with van der Waals surface area (Å²) in [7, 11) is 0. The van der Waals surface area contributed by atoms with Gasteiger partial charge in [-0.05, 0) is 18.8 Å². The lowest BCUT2D eigenvalue weighted by molar-refractivity contribution is -0.137. The maximum Gasteiger partial charge on any atom is 0.249 e. The maximum atomic E-state index is 11.7. The van der Waals surface area contributed by atoms with E-state index in [4.69, 9.17) is 5.73 Å². The molecule has 0 aliphatic carbocycles. The van der Waals surface area contributed by atoms with Gasteiger partial charge in [-0.15, -0.1) is 0 Å². The van der Waals surface area contributed by atoms with Gasteiger partial charge in [-0.3, -0.25) is 19.7 Å². The van der Waals surface area contributed by atoms with Gasteiger partial charge in [0, 0.05) is 6.42 Å². The topological polar surface area (TPSA) is 101 Å². The molecule has 6 heteroatoms. The predicted octanol–water partition coefficient (Wildman–Crippen LogP) is -0.719. The molecule has 2 unspecified atom stereocenters. The van der Waals surface area contributed by atoms with Gasteiger partial charge in [-0.25, -0.2) is 0 Å². The molecule has 0 saturated carbocycles. The van der Waals surface area contributed by atoms with Gasteiger partial charge >= 0.3 is 0 Å². The molecule has 1 rings (SSSR count). The van der Waals surface area contributed by atoms with Crippen molar-refractivity contribution >= 4 is 17.7 Å². The minimum atomic E-state index is -0.640. The summed E-state index contributed by atoms with van der Waals surface area (Å²) in [6.07, 6.45) is 1.15. The second kappa shape index (κ2) is 5.77. The van der Waals surface area contributed by atoms with Gasteiger partial charge < -0.3 is 11.1 Å². The van der Waals surface area contributed by atoms with Crippen LogP contribution in [-0.4, -0.2) is 29.8 Å². The minimum Gasteiger partial charge on any atom is -0.343 e. The first-order valence-corrected chi connectivity index (χ1v) is 5.79.